The summed E-state index contributed by atoms with van der Waals surface area (Å²) in [5, 5.41) is 4.91. The van der Waals surface area contributed by atoms with E-state index < -0.39 is 0 Å². The molecule has 1 unspecified atom stereocenters. The number of aromatic nitrogens is 4. The zero-order chi connectivity index (χ0) is 23.7. The standard InChI is InChI=1S/C27H35N7/c1-18(2)23(28)17-33-14-10-22(11-15-33)31-27-32-24-19(3)9-13-30-26(24)34(27)16-21-7-4-6-20-8-5-12-29-25(20)21/h4-9,12-13,18,22-23H,10-11,14-17,28H2,1-3H3,(H,31,32). The van der Waals surface area contributed by atoms with Gasteiger partial charge in [0.1, 0.15) is 5.52 Å². The van der Waals surface area contributed by atoms with Crippen molar-refractivity contribution < 1.29 is 0 Å². The first kappa shape index (κ1) is 22.7. The summed E-state index contributed by atoms with van der Waals surface area (Å²) in [6.07, 6.45) is 5.89. The molecule has 3 aromatic heterocycles. The molecule has 1 aliphatic rings. The molecule has 1 aliphatic heterocycles. The van der Waals surface area contributed by atoms with Gasteiger partial charge in [-0.2, -0.15) is 0 Å². The molecule has 0 bridgehead atoms. The van der Waals surface area contributed by atoms with E-state index in [0.29, 0.717) is 18.5 Å². The van der Waals surface area contributed by atoms with Gasteiger partial charge in [-0.15, -0.1) is 0 Å². The Labute approximate surface area is 201 Å². The number of aryl methyl sites for hydroxylation is 1. The lowest BCUT2D eigenvalue weighted by Gasteiger charge is -2.34. The molecular formula is C27H35N7. The summed E-state index contributed by atoms with van der Waals surface area (Å²) in [4.78, 5) is 16.9. The molecular weight excluding hydrogens is 422 g/mol. The van der Waals surface area contributed by atoms with Gasteiger partial charge >= 0.3 is 0 Å². The molecule has 1 aromatic carbocycles. The summed E-state index contributed by atoms with van der Waals surface area (Å²) in [6, 6.07) is 13.1. The van der Waals surface area contributed by atoms with Crippen LogP contribution < -0.4 is 11.1 Å². The minimum atomic E-state index is 0.233. The highest BCUT2D eigenvalue weighted by Gasteiger charge is 2.24. The Kier molecular flexibility index (Phi) is 6.48. The van der Waals surface area contributed by atoms with E-state index in [1.54, 1.807) is 0 Å². The van der Waals surface area contributed by atoms with E-state index in [0.717, 1.165) is 66.1 Å². The monoisotopic (exact) mass is 457 g/mol. The Balaban J connectivity index is 1.40. The highest BCUT2D eigenvalue weighted by Crippen LogP contribution is 2.26. The van der Waals surface area contributed by atoms with Crippen molar-refractivity contribution in [1.29, 1.82) is 0 Å². The van der Waals surface area contributed by atoms with Gasteiger partial charge in [0.05, 0.1) is 12.1 Å². The van der Waals surface area contributed by atoms with Crippen LogP contribution >= 0.6 is 0 Å². The van der Waals surface area contributed by atoms with Gasteiger partial charge in [0.2, 0.25) is 5.95 Å². The number of benzene rings is 1. The molecule has 178 valence electrons. The summed E-state index contributed by atoms with van der Waals surface area (Å²) in [5.74, 6) is 1.40. The number of imidazole rings is 1. The molecule has 34 heavy (non-hydrogen) atoms. The number of para-hydroxylation sites is 1. The Hall–Kier alpha value is -3.03. The number of nitrogens with zero attached hydrogens (tertiary/aromatic N) is 5. The SMILES string of the molecule is Cc1ccnc2c1nc(NC1CCN(CC(N)C(C)C)CC1)n2Cc1cccc2cccnc12. The maximum absolute atomic E-state index is 6.31. The average Bonchev–Trinajstić information content (AvgIpc) is 3.18. The minimum Gasteiger partial charge on any atom is -0.353 e. The summed E-state index contributed by atoms with van der Waals surface area (Å²) in [5.41, 5.74) is 11.5. The van der Waals surface area contributed by atoms with E-state index in [1.165, 1.54) is 5.56 Å². The number of pyridine rings is 2. The van der Waals surface area contributed by atoms with Crippen LogP contribution in [0.1, 0.15) is 37.8 Å². The first-order valence-electron chi connectivity index (χ1n) is 12.4. The predicted molar refractivity (Wildman–Crippen MR) is 139 cm³/mol. The van der Waals surface area contributed by atoms with Crippen LogP contribution in [0, 0.1) is 12.8 Å². The molecule has 1 fully saturated rings. The van der Waals surface area contributed by atoms with Crippen molar-refractivity contribution in [3.05, 3.63) is 59.9 Å². The zero-order valence-corrected chi connectivity index (χ0v) is 20.4. The van der Waals surface area contributed by atoms with Crippen LogP contribution in [0.4, 0.5) is 5.95 Å². The fourth-order valence-electron chi connectivity index (χ4n) is 4.82. The number of piperidine rings is 1. The number of fused-ring (bicyclic) bond motifs is 2. The van der Waals surface area contributed by atoms with Crippen LogP contribution in [0.3, 0.4) is 0 Å². The van der Waals surface area contributed by atoms with Gasteiger partial charge in [-0.25, -0.2) is 9.97 Å². The van der Waals surface area contributed by atoms with Gasteiger partial charge in [-0.05, 0) is 48.9 Å². The van der Waals surface area contributed by atoms with Crippen LogP contribution in [0.25, 0.3) is 22.1 Å². The van der Waals surface area contributed by atoms with E-state index in [9.17, 15) is 0 Å². The summed E-state index contributed by atoms with van der Waals surface area (Å²) in [6.45, 7) is 10.3. The number of hydrogen-bond donors (Lipinski definition) is 2. The molecule has 1 saturated heterocycles. The van der Waals surface area contributed by atoms with Gasteiger partial charge in [0, 0.05) is 49.5 Å². The summed E-state index contributed by atoms with van der Waals surface area (Å²) in [7, 11) is 0. The molecule has 4 heterocycles. The minimum absolute atomic E-state index is 0.233. The Morgan fingerprint density at radius 3 is 2.62 bits per heavy atom. The normalized spacial score (nSPS) is 16.5. The lowest BCUT2D eigenvalue weighted by Crippen LogP contribution is -2.46. The van der Waals surface area contributed by atoms with Gasteiger partial charge < -0.3 is 16.0 Å². The fraction of sp³-hybridized carbons (Fsp3) is 0.444. The number of anilines is 1. The molecule has 0 aliphatic carbocycles. The number of nitrogens with two attached hydrogens (primary N) is 1. The molecule has 4 aromatic rings. The van der Waals surface area contributed by atoms with E-state index >= 15 is 0 Å². The number of hydrogen-bond acceptors (Lipinski definition) is 6. The van der Waals surface area contributed by atoms with E-state index in [2.05, 4.69) is 64.8 Å². The van der Waals surface area contributed by atoms with Crippen LogP contribution in [0.5, 0.6) is 0 Å². The van der Waals surface area contributed by atoms with Crippen molar-refractivity contribution in [2.75, 3.05) is 25.0 Å². The average molecular weight is 458 g/mol. The van der Waals surface area contributed by atoms with Crippen LogP contribution in [-0.2, 0) is 6.54 Å². The molecule has 3 N–H and O–H groups in total. The topological polar surface area (TPSA) is 84.9 Å². The van der Waals surface area contributed by atoms with Gasteiger partial charge in [-0.1, -0.05) is 38.1 Å². The largest absolute Gasteiger partial charge is 0.353 e. The van der Waals surface area contributed by atoms with E-state index in [1.807, 2.05) is 24.5 Å². The highest BCUT2D eigenvalue weighted by atomic mass is 15.3. The van der Waals surface area contributed by atoms with E-state index in [4.69, 9.17) is 15.7 Å². The number of nitrogens with one attached hydrogen (secondary N) is 1. The predicted octanol–water partition coefficient (Wildman–Crippen LogP) is 4.20. The second-order valence-electron chi connectivity index (χ2n) is 9.94. The van der Waals surface area contributed by atoms with Crippen LogP contribution in [0.15, 0.2) is 48.8 Å². The third-order valence-corrected chi connectivity index (χ3v) is 7.13. The second kappa shape index (κ2) is 9.68. The van der Waals surface area contributed by atoms with Gasteiger partial charge in [0.25, 0.3) is 0 Å². The van der Waals surface area contributed by atoms with Crippen molar-refractivity contribution >= 4 is 28.0 Å². The van der Waals surface area contributed by atoms with Crippen molar-refractivity contribution in [3.8, 4) is 0 Å². The number of rotatable bonds is 7. The molecule has 0 amide bonds. The molecule has 0 spiro atoms. The summed E-state index contributed by atoms with van der Waals surface area (Å²) < 4.78 is 2.22. The van der Waals surface area contributed by atoms with Gasteiger partial charge in [0.15, 0.2) is 5.65 Å². The molecule has 0 radical (unpaired) electrons. The lowest BCUT2D eigenvalue weighted by molar-refractivity contribution is 0.194. The quantitative estimate of drug-likeness (QED) is 0.433. The van der Waals surface area contributed by atoms with Crippen LogP contribution in [-0.4, -0.2) is 56.1 Å². The molecule has 0 saturated carbocycles. The Bertz CT molecular complexity index is 1270. The third kappa shape index (κ3) is 4.63. The third-order valence-electron chi connectivity index (χ3n) is 7.13. The van der Waals surface area contributed by atoms with Gasteiger partial charge in [-0.3, -0.25) is 9.55 Å². The smallest absolute Gasteiger partial charge is 0.205 e. The summed E-state index contributed by atoms with van der Waals surface area (Å²) >= 11 is 0. The van der Waals surface area contributed by atoms with Crippen LogP contribution in [0.2, 0.25) is 0 Å². The van der Waals surface area contributed by atoms with Crippen molar-refractivity contribution in [3.63, 3.8) is 0 Å². The van der Waals surface area contributed by atoms with Crippen molar-refractivity contribution in [2.24, 2.45) is 11.7 Å². The fourth-order valence-corrected chi connectivity index (χ4v) is 4.82. The number of likely N-dealkylation sites (tertiary alicyclic amines) is 1. The maximum Gasteiger partial charge on any atom is 0.205 e. The maximum atomic E-state index is 6.31. The molecule has 1 atom stereocenters. The first-order valence-corrected chi connectivity index (χ1v) is 12.4. The molecule has 5 rings (SSSR count). The Morgan fingerprint density at radius 2 is 1.82 bits per heavy atom. The molecule has 7 heteroatoms. The van der Waals surface area contributed by atoms with E-state index in [-0.39, 0.29) is 6.04 Å². The highest BCUT2D eigenvalue weighted by molar-refractivity contribution is 5.82. The lowest BCUT2D eigenvalue weighted by atomic mass is 10.0. The molecule has 7 nitrogen and oxygen atoms in total. The van der Waals surface area contributed by atoms with Crippen molar-refractivity contribution in [2.45, 2.75) is 52.2 Å². The second-order valence-corrected chi connectivity index (χ2v) is 9.94. The first-order chi connectivity index (χ1) is 16.5. The Morgan fingerprint density at radius 1 is 1.03 bits per heavy atom. The zero-order valence-electron chi connectivity index (χ0n) is 20.4. The van der Waals surface area contributed by atoms with Crippen molar-refractivity contribution in [1.82, 2.24) is 24.4 Å².